The summed E-state index contributed by atoms with van der Waals surface area (Å²) in [6.45, 7) is 5.13. The molecule has 0 spiro atoms. The average molecular weight is 245 g/mol. The van der Waals surface area contributed by atoms with Gasteiger partial charge in [-0.15, -0.1) is 0 Å². The van der Waals surface area contributed by atoms with Gasteiger partial charge in [0.15, 0.2) is 5.65 Å². The van der Waals surface area contributed by atoms with Crippen LogP contribution in [0.2, 0.25) is 0 Å². The van der Waals surface area contributed by atoms with Gasteiger partial charge in [0.25, 0.3) is 0 Å². The third-order valence-corrected chi connectivity index (χ3v) is 3.54. The maximum absolute atomic E-state index is 4.41. The molecule has 1 aliphatic rings. The monoisotopic (exact) mass is 245 g/mol. The molecular formula is C13H19N5. The first-order valence-electron chi connectivity index (χ1n) is 6.66. The molecule has 1 fully saturated rings. The van der Waals surface area contributed by atoms with Crippen LogP contribution in [-0.2, 0) is 6.54 Å². The van der Waals surface area contributed by atoms with Crippen molar-refractivity contribution in [2.45, 2.75) is 32.4 Å². The number of pyridine rings is 1. The van der Waals surface area contributed by atoms with E-state index in [9.17, 15) is 0 Å². The maximum atomic E-state index is 4.41. The summed E-state index contributed by atoms with van der Waals surface area (Å²) in [4.78, 5) is 4.41. The summed E-state index contributed by atoms with van der Waals surface area (Å²) in [6, 6.07) is 2.60. The Morgan fingerprint density at radius 2 is 2.28 bits per heavy atom. The van der Waals surface area contributed by atoms with Gasteiger partial charge < -0.3 is 10.6 Å². The predicted octanol–water partition coefficient (Wildman–Crippen LogP) is 1.62. The first-order valence-corrected chi connectivity index (χ1v) is 6.66. The summed E-state index contributed by atoms with van der Waals surface area (Å²) in [5, 5.41) is 12.5. The van der Waals surface area contributed by atoms with E-state index in [0.717, 1.165) is 36.4 Å². The second-order valence-corrected chi connectivity index (χ2v) is 4.72. The van der Waals surface area contributed by atoms with E-state index in [4.69, 9.17) is 0 Å². The topological polar surface area (TPSA) is 54.8 Å². The molecule has 0 radical (unpaired) electrons. The first kappa shape index (κ1) is 11.5. The standard InChI is InChI=1S/C13H19N5/c1-2-18-13-11(9-16-18)12(5-8-15-13)17-10-3-6-14-7-4-10/h5,8-10,14H,2-4,6-7H2,1H3,(H,15,17). The fourth-order valence-electron chi connectivity index (χ4n) is 2.52. The summed E-state index contributed by atoms with van der Waals surface area (Å²) in [6.07, 6.45) is 6.12. The molecule has 18 heavy (non-hydrogen) atoms. The molecule has 1 aliphatic heterocycles. The second-order valence-electron chi connectivity index (χ2n) is 4.72. The van der Waals surface area contributed by atoms with Gasteiger partial charge in [-0.2, -0.15) is 5.10 Å². The van der Waals surface area contributed by atoms with Gasteiger partial charge in [0.2, 0.25) is 0 Å². The van der Waals surface area contributed by atoms with Crippen LogP contribution in [0.4, 0.5) is 5.69 Å². The Hall–Kier alpha value is -1.62. The molecule has 0 atom stereocenters. The summed E-state index contributed by atoms with van der Waals surface area (Å²) < 4.78 is 1.93. The van der Waals surface area contributed by atoms with E-state index in [0.29, 0.717) is 6.04 Å². The molecule has 0 aliphatic carbocycles. The smallest absolute Gasteiger partial charge is 0.159 e. The van der Waals surface area contributed by atoms with Gasteiger partial charge in [-0.1, -0.05) is 0 Å². The molecule has 5 nitrogen and oxygen atoms in total. The van der Waals surface area contributed by atoms with Crippen molar-refractivity contribution < 1.29 is 0 Å². The molecule has 0 saturated carbocycles. The molecular weight excluding hydrogens is 226 g/mol. The zero-order valence-electron chi connectivity index (χ0n) is 10.7. The normalized spacial score (nSPS) is 17.2. The number of anilines is 1. The van der Waals surface area contributed by atoms with Gasteiger partial charge in [-0.25, -0.2) is 9.67 Å². The lowest BCUT2D eigenvalue weighted by Gasteiger charge is -2.24. The summed E-state index contributed by atoms with van der Waals surface area (Å²) >= 11 is 0. The Labute approximate surface area is 107 Å². The Morgan fingerprint density at radius 3 is 3.06 bits per heavy atom. The van der Waals surface area contributed by atoms with Gasteiger partial charge >= 0.3 is 0 Å². The van der Waals surface area contributed by atoms with Crippen LogP contribution in [-0.4, -0.2) is 33.9 Å². The van der Waals surface area contributed by atoms with Crippen molar-refractivity contribution in [3.8, 4) is 0 Å². The Balaban J connectivity index is 1.89. The minimum atomic E-state index is 0.557. The van der Waals surface area contributed by atoms with Crippen molar-refractivity contribution in [1.29, 1.82) is 0 Å². The highest BCUT2D eigenvalue weighted by molar-refractivity contribution is 5.88. The van der Waals surface area contributed by atoms with Crippen molar-refractivity contribution in [3.05, 3.63) is 18.5 Å². The van der Waals surface area contributed by atoms with Gasteiger partial charge in [0.05, 0.1) is 11.6 Å². The highest BCUT2D eigenvalue weighted by Gasteiger charge is 2.14. The van der Waals surface area contributed by atoms with Crippen molar-refractivity contribution in [2.24, 2.45) is 0 Å². The van der Waals surface area contributed by atoms with E-state index < -0.39 is 0 Å². The lowest BCUT2D eigenvalue weighted by molar-refractivity contribution is 0.479. The number of piperidine rings is 1. The number of fused-ring (bicyclic) bond motifs is 1. The van der Waals surface area contributed by atoms with Gasteiger partial charge in [0.1, 0.15) is 0 Å². The molecule has 0 unspecified atom stereocenters. The molecule has 3 rings (SSSR count). The molecule has 2 N–H and O–H groups in total. The number of nitrogens with one attached hydrogen (secondary N) is 2. The number of aromatic nitrogens is 3. The summed E-state index contributed by atoms with van der Waals surface area (Å²) in [5.74, 6) is 0. The van der Waals surface area contributed by atoms with Crippen molar-refractivity contribution >= 4 is 16.7 Å². The number of nitrogens with zero attached hydrogens (tertiary/aromatic N) is 3. The van der Waals surface area contributed by atoms with E-state index in [2.05, 4.69) is 27.6 Å². The van der Waals surface area contributed by atoms with Crippen LogP contribution < -0.4 is 10.6 Å². The van der Waals surface area contributed by atoms with Crippen LogP contribution in [0.5, 0.6) is 0 Å². The second kappa shape index (κ2) is 4.94. The Bertz CT molecular complexity index is 527. The van der Waals surface area contributed by atoms with E-state index >= 15 is 0 Å². The van der Waals surface area contributed by atoms with E-state index in [1.807, 2.05) is 23.1 Å². The van der Waals surface area contributed by atoms with E-state index in [1.54, 1.807) is 0 Å². The Kier molecular flexibility index (Phi) is 3.15. The molecule has 0 aromatic carbocycles. The van der Waals surface area contributed by atoms with Crippen molar-refractivity contribution in [1.82, 2.24) is 20.1 Å². The highest BCUT2D eigenvalue weighted by Crippen LogP contribution is 2.23. The quantitative estimate of drug-likeness (QED) is 0.862. The van der Waals surface area contributed by atoms with Crippen LogP contribution >= 0.6 is 0 Å². The van der Waals surface area contributed by atoms with Crippen molar-refractivity contribution in [2.75, 3.05) is 18.4 Å². The predicted molar refractivity (Wildman–Crippen MR) is 72.7 cm³/mol. The number of rotatable bonds is 3. The third-order valence-electron chi connectivity index (χ3n) is 3.54. The number of hydrogen-bond acceptors (Lipinski definition) is 4. The number of aryl methyl sites for hydroxylation is 1. The van der Waals surface area contributed by atoms with Crippen LogP contribution in [0.3, 0.4) is 0 Å². The van der Waals surface area contributed by atoms with Gasteiger partial charge in [0, 0.05) is 24.5 Å². The molecule has 0 bridgehead atoms. The largest absolute Gasteiger partial charge is 0.382 e. The zero-order valence-corrected chi connectivity index (χ0v) is 10.7. The zero-order chi connectivity index (χ0) is 12.4. The minimum Gasteiger partial charge on any atom is -0.382 e. The molecule has 96 valence electrons. The SMILES string of the molecule is CCn1ncc2c(NC3CCNCC3)ccnc21. The summed E-state index contributed by atoms with van der Waals surface area (Å²) in [7, 11) is 0. The lowest BCUT2D eigenvalue weighted by Crippen LogP contribution is -2.35. The molecule has 3 heterocycles. The first-order chi connectivity index (χ1) is 8.88. The molecule has 5 heteroatoms. The summed E-state index contributed by atoms with van der Waals surface area (Å²) in [5.41, 5.74) is 2.13. The molecule has 1 saturated heterocycles. The highest BCUT2D eigenvalue weighted by atomic mass is 15.3. The molecule has 2 aromatic heterocycles. The Morgan fingerprint density at radius 1 is 1.44 bits per heavy atom. The number of hydrogen-bond donors (Lipinski definition) is 2. The van der Waals surface area contributed by atoms with Gasteiger partial charge in [-0.05, 0) is 38.9 Å². The fraction of sp³-hybridized carbons (Fsp3) is 0.538. The van der Waals surface area contributed by atoms with Crippen LogP contribution in [0.15, 0.2) is 18.5 Å². The van der Waals surface area contributed by atoms with Crippen LogP contribution in [0, 0.1) is 0 Å². The molecule has 2 aromatic rings. The minimum absolute atomic E-state index is 0.557. The van der Waals surface area contributed by atoms with Crippen molar-refractivity contribution in [3.63, 3.8) is 0 Å². The van der Waals surface area contributed by atoms with Crippen LogP contribution in [0.1, 0.15) is 19.8 Å². The lowest BCUT2D eigenvalue weighted by atomic mass is 10.1. The van der Waals surface area contributed by atoms with Gasteiger partial charge in [-0.3, -0.25) is 0 Å². The fourth-order valence-corrected chi connectivity index (χ4v) is 2.52. The van der Waals surface area contributed by atoms with E-state index in [1.165, 1.54) is 12.8 Å². The third kappa shape index (κ3) is 2.06. The van der Waals surface area contributed by atoms with Crippen LogP contribution in [0.25, 0.3) is 11.0 Å². The van der Waals surface area contributed by atoms with E-state index in [-0.39, 0.29) is 0 Å². The average Bonchev–Trinajstić information content (AvgIpc) is 2.84. The molecule has 0 amide bonds. The maximum Gasteiger partial charge on any atom is 0.159 e.